The normalized spacial score (nSPS) is 11.4. The van der Waals surface area contributed by atoms with Crippen molar-refractivity contribution in [3.8, 4) is 0 Å². The molecule has 0 saturated heterocycles. The van der Waals surface area contributed by atoms with Crippen LogP contribution in [0.2, 0.25) is 0 Å². The van der Waals surface area contributed by atoms with E-state index in [0.29, 0.717) is 5.92 Å². The number of pyridine rings is 1. The molecule has 2 aromatic heterocycles. The van der Waals surface area contributed by atoms with Crippen molar-refractivity contribution in [3.63, 3.8) is 0 Å². The number of nitrogens with zero attached hydrogens (tertiary/aromatic N) is 2. The second-order valence-electron chi connectivity index (χ2n) is 3.91. The molecule has 0 amide bonds. The molecule has 0 aliphatic carbocycles. The molecule has 0 fully saturated rings. The summed E-state index contributed by atoms with van der Waals surface area (Å²) in [5, 5.41) is 0. The van der Waals surface area contributed by atoms with Gasteiger partial charge in [-0.1, -0.05) is 26.8 Å². The molecule has 2 nitrogen and oxygen atoms in total. The Kier molecular flexibility index (Phi) is 2.28. The van der Waals surface area contributed by atoms with Crippen molar-refractivity contribution in [3.05, 3.63) is 35.8 Å². The number of aryl methyl sites for hydroxylation is 1. The molecule has 0 saturated carbocycles. The first-order chi connectivity index (χ1) is 6.74. The van der Waals surface area contributed by atoms with Gasteiger partial charge in [0.1, 0.15) is 5.65 Å². The second kappa shape index (κ2) is 3.45. The predicted molar refractivity (Wildman–Crippen MR) is 58.7 cm³/mol. The van der Waals surface area contributed by atoms with E-state index in [9.17, 15) is 0 Å². The molecule has 2 aromatic rings. The van der Waals surface area contributed by atoms with E-state index in [-0.39, 0.29) is 0 Å². The molecule has 2 heterocycles. The van der Waals surface area contributed by atoms with Crippen molar-refractivity contribution < 1.29 is 0 Å². The fraction of sp³-hybridized carbons (Fsp3) is 0.417. The number of rotatable bonds is 2. The summed E-state index contributed by atoms with van der Waals surface area (Å²) in [6.07, 6.45) is 4.96. The Morgan fingerprint density at radius 1 is 1.36 bits per heavy atom. The van der Waals surface area contributed by atoms with Gasteiger partial charge in [0.25, 0.3) is 0 Å². The molecule has 0 spiro atoms. The van der Waals surface area contributed by atoms with E-state index < -0.39 is 0 Å². The third kappa shape index (κ3) is 1.31. The molecule has 74 valence electrons. The molecule has 2 heteroatoms. The third-order valence-corrected chi connectivity index (χ3v) is 2.65. The number of fused-ring (bicyclic) bond motifs is 1. The molecule has 0 radical (unpaired) electrons. The van der Waals surface area contributed by atoms with Gasteiger partial charge in [0.2, 0.25) is 0 Å². The number of imidazole rings is 1. The van der Waals surface area contributed by atoms with Crippen molar-refractivity contribution in [1.29, 1.82) is 0 Å². The fourth-order valence-corrected chi connectivity index (χ4v) is 1.83. The zero-order valence-electron chi connectivity index (χ0n) is 8.99. The van der Waals surface area contributed by atoms with Crippen LogP contribution in [0.1, 0.15) is 37.9 Å². The Morgan fingerprint density at radius 2 is 2.14 bits per heavy atom. The zero-order valence-corrected chi connectivity index (χ0v) is 8.99. The van der Waals surface area contributed by atoms with Crippen molar-refractivity contribution in [2.75, 3.05) is 0 Å². The highest BCUT2D eigenvalue weighted by molar-refractivity contribution is 5.50. The van der Waals surface area contributed by atoms with Crippen LogP contribution in [-0.4, -0.2) is 9.38 Å². The highest BCUT2D eigenvalue weighted by Gasteiger charge is 2.08. The molecule has 0 bridgehead atoms. The largest absolute Gasteiger partial charge is 0.304 e. The fourth-order valence-electron chi connectivity index (χ4n) is 1.83. The topological polar surface area (TPSA) is 17.3 Å². The minimum atomic E-state index is 0.533. The van der Waals surface area contributed by atoms with Crippen molar-refractivity contribution in [2.24, 2.45) is 0 Å². The van der Waals surface area contributed by atoms with E-state index in [1.807, 2.05) is 12.4 Å². The van der Waals surface area contributed by atoms with Crippen LogP contribution >= 0.6 is 0 Å². The van der Waals surface area contributed by atoms with Gasteiger partial charge in [-0.25, -0.2) is 4.98 Å². The van der Waals surface area contributed by atoms with Crippen LogP contribution in [0.15, 0.2) is 24.5 Å². The SMILES string of the molecule is CCc1ccc(C(C)C)c2nccn12. The minimum Gasteiger partial charge on any atom is -0.304 e. The molecular formula is C12H16N2. The van der Waals surface area contributed by atoms with Crippen LogP contribution in [0.4, 0.5) is 0 Å². The zero-order chi connectivity index (χ0) is 10.1. The maximum absolute atomic E-state index is 4.41. The molecule has 0 aliphatic heterocycles. The van der Waals surface area contributed by atoms with E-state index >= 15 is 0 Å². The van der Waals surface area contributed by atoms with Crippen LogP contribution in [0.25, 0.3) is 5.65 Å². The first kappa shape index (κ1) is 9.25. The Bertz CT molecular complexity index is 441. The van der Waals surface area contributed by atoms with E-state index in [0.717, 1.165) is 12.1 Å². The Morgan fingerprint density at radius 3 is 2.79 bits per heavy atom. The maximum atomic E-state index is 4.41. The quantitative estimate of drug-likeness (QED) is 0.708. The molecule has 14 heavy (non-hydrogen) atoms. The maximum Gasteiger partial charge on any atom is 0.140 e. The van der Waals surface area contributed by atoms with Gasteiger partial charge in [0.15, 0.2) is 0 Å². The van der Waals surface area contributed by atoms with Crippen LogP contribution in [0.3, 0.4) is 0 Å². The predicted octanol–water partition coefficient (Wildman–Crippen LogP) is 3.02. The Labute approximate surface area is 84.6 Å². The Hall–Kier alpha value is -1.31. The third-order valence-electron chi connectivity index (χ3n) is 2.65. The summed E-state index contributed by atoms with van der Waals surface area (Å²) in [5.41, 5.74) is 3.76. The van der Waals surface area contributed by atoms with Crippen molar-refractivity contribution in [2.45, 2.75) is 33.1 Å². The summed E-state index contributed by atoms with van der Waals surface area (Å²) in [5.74, 6) is 0.533. The highest BCUT2D eigenvalue weighted by Crippen LogP contribution is 2.20. The van der Waals surface area contributed by atoms with Gasteiger partial charge in [0.05, 0.1) is 0 Å². The van der Waals surface area contributed by atoms with Gasteiger partial charge in [-0.05, 0) is 24.0 Å². The average molecular weight is 188 g/mol. The lowest BCUT2D eigenvalue weighted by atomic mass is 10.0. The smallest absolute Gasteiger partial charge is 0.140 e. The molecule has 0 aromatic carbocycles. The first-order valence-electron chi connectivity index (χ1n) is 5.19. The molecule has 0 N–H and O–H groups in total. The lowest BCUT2D eigenvalue weighted by Gasteiger charge is -2.10. The van der Waals surface area contributed by atoms with Crippen LogP contribution in [-0.2, 0) is 6.42 Å². The molecule has 2 rings (SSSR count). The molecule has 0 aliphatic rings. The summed E-state index contributed by atoms with van der Waals surface area (Å²) in [7, 11) is 0. The van der Waals surface area contributed by atoms with E-state index in [1.165, 1.54) is 11.3 Å². The van der Waals surface area contributed by atoms with E-state index in [4.69, 9.17) is 0 Å². The van der Waals surface area contributed by atoms with Gasteiger partial charge in [0, 0.05) is 18.1 Å². The van der Waals surface area contributed by atoms with Crippen LogP contribution < -0.4 is 0 Å². The van der Waals surface area contributed by atoms with Crippen molar-refractivity contribution in [1.82, 2.24) is 9.38 Å². The molecule has 0 unspecified atom stereocenters. The number of hydrogen-bond acceptors (Lipinski definition) is 1. The minimum absolute atomic E-state index is 0.533. The summed E-state index contributed by atoms with van der Waals surface area (Å²) >= 11 is 0. The molecular weight excluding hydrogens is 172 g/mol. The van der Waals surface area contributed by atoms with Gasteiger partial charge in [-0.3, -0.25) is 0 Å². The number of hydrogen-bond donors (Lipinski definition) is 0. The lowest BCUT2D eigenvalue weighted by Crippen LogP contribution is -1.99. The summed E-state index contributed by atoms with van der Waals surface area (Å²) in [4.78, 5) is 4.41. The van der Waals surface area contributed by atoms with Gasteiger partial charge >= 0.3 is 0 Å². The second-order valence-corrected chi connectivity index (χ2v) is 3.91. The average Bonchev–Trinajstić information content (AvgIpc) is 2.64. The summed E-state index contributed by atoms with van der Waals surface area (Å²) in [6, 6.07) is 4.40. The van der Waals surface area contributed by atoms with Crippen molar-refractivity contribution >= 4 is 5.65 Å². The number of aromatic nitrogens is 2. The highest BCUT2D eigenvalue weighted by atomic mass is 15.0. The first-order valence-corrected chi connectivity index (χ1v) is 5.19. The van der Waals surface area contributed by atoms with E-state index in [2.05, 4.69) is 42.3 Å². The Balaban J connectivity index is 2.72. The van der Waals surface area contributed by atoms with Crippen LogP contribution in [0.5, 0.6) is 0 Å². The van der Waals surface area contributed by atoms with Gasteiger partial charge in [-0.2, -0.15) is 0 Å². The monoisotopic (exact) mass is 188 g/mol. The van der Waals surface area contributed by atoms with Gasteiger partial charge in [-0.15, -0.1) is 0 Å². The summed E-state index contributed by atoms with van der Waals surface area (Å²) < 4.78 is 2.19. The molecule has 0 atom stereocenters. The van der Waals surface area contributed by atoms with E-state index in [1.54, 1.807) is 0 Å². The summed E-state index contributed by atoms with van der Waals surface area (Å²) in [6.45, 7) is 6.58. The van der Waals surface area contributed by atoms with Crippen LogP contribution in [0, 0.1) is 0 Å². The lowest BCUT2D eigenvalue weighted by molar-refractivity contribution is 0.853. The standard InChI is InChI=1S/C12H16N2/c1-4-10-5-6-11(9(2)3)12-13-7-8-14(10)12/h5-9H,4H2,1-3H3. The van der Waals surface area contributed by atoms with Gasteiger partial charge < -0.3 is 4.40 Å².